The van der Waals surface area contributed by atoms with Gasteiger partial charge in [-0.2, -0.15) is 0 Å². The van der Waals surface area contributed by atoms with Crippen LogP contribution in [-0.4, -0.2) is 67.4 Å². The zero-order chi connectivity index (χ0) is 20.7. The summed E-state index contributed by atoms with van der Waals surface area (Å²) in [5, 5.41) is 12.1. The third-order valence-electron chi connectivity index (χ3n) is 5.08. The molecule has 1 aromatic rings. The molecule has 1 aliphatic heterocycles. The molecule has 0 atom stereocenters. The van der Waals surface area contributed by atoms with Crippen molar-refractivity contribution in [3.8, 4) is 0 Å². The van der Waals surface area contributed by atoms with E-state index >= 15 is 0 Å². The average molecular weight is 541 g/mol. The smallest absolute Gasteiger partial charge is 0.270 e. The molecule has 0 unspecified atom stereocenters. The quantitative estimate of drug-likeness (QED) is 0.283. The summed E-state index contributed by atoms with van der Waals surface area (Å²) in [6.07, 6.45) is 2.76. The van der Waals surface area contributed by atoms with Gasteiger partial charge in [0.25, 0.3) is 5.69 Å². The summed E-state index contributed by atoms with van der Waals surface area (Å²) >= 11 is 6.82. The molecule has 1 fully saturated rings. The van der Waals surface area contributed by atoms with Gasteiger partial charge in [-0.15, -0.1) is 0 Å². The molecule has 0 aliphatic carbocycles. The van der Waals surface area contributed by atoms with Gasteiger partial charge in [0, 0.05) is 35.9 Å². The Bertz CT molecular complexity index is 760. The summed E-state index contributed by atoms with van der Waals surface area (Å²) in [4.78, 5) is 15.0. The van der Waals surface area contributed by atoms with Gasteiger partial charge in [-0.1, -0.05) is 31.9 Å². The van der Waals surface area contributed by atoms with Crippen molar-refractivity contribution in [1.29, 1.82) is 0 Å². The van der Waals surface area contributed by atoms with E-state index in [2.05, 4.69) is 36.8 Å². The second kappa shape index (κ2) is 10.9. The number of rotatable bonds is 8. The van der Waals surface area contributed by atoms with E-state index < -0.39 is 20.0 Å². The Kier molecular flexibility index (Phi) is 9.17. The number of benzene rings is 1. The first-order chi connectivity index (χ1) is 13.3. The van der Waals surface area contributed by atoms with Gasteiger partial charge in [-0.05, 0) is 51.9 Å². The number of nitrogens with zero attached hydrogens (tertiary/aromatic N) is 3. The molecule has 0 saturated carbocycles. The SMILES string of the molecule is CN1CCCC(S(=O)(=O)c2cc([N+](=O)[O-])ccc2N(CCBr)CCBr)CCC1. The highest BCUT2D eigenvalue weighted by Gasteiger charge is 2.32. The maximum absolute atomic E-state index is 13.6. The minimum atomic E-state index is -3.68. The van der Waals surface area contributed by atoms with Crippen molar-refractivity contribution in [2.24, 2.45) is 0 Å². The Balaban J connectivity index is 2.49. The molecule has 1 saturated heterocycles. The third-order valence-corrected chi connectivity index (χ3v) is 8.08. The van der Waals surface area contributed by atoms with Gasteiger partial charge in [-0.3, -0.25) is 10.1 Å². The van der Waals surface area contributed by atoms with Crippen LogP contribution in [0.15, 0.2) is 23.1 Å². The maximum Gasteiger partial charge on any atom is 0.270 e. The molecule has 10 heteroatoms. The van der Waals surface area contributed by atoms with Gasteiger partial charge < -0.3 is 9.80 Å². The molecule has 158 valence electrons. The summed E-state index contributed by atoms with van der Waals surface area (Å²) in [7, 11) is -1.64. The number of hydrogen-bond donors (Lipinski definition) is 0. The van der Waals surface area contributed by atoms with Crippen molar-refractivity contribution in [2.45, 2.75) is 35.8 Å². The largest absolute Gasteiger partial charge is 0.369 e. The van der Waals surface area contributed by atoms with Crippen molar-refractivity contribution >= 4 is 53.1 Å². The van der Waals surface area contributed by atoms with Gasteiger partial charge >= 0.3 is 0 Å². The Labute approximate surface area is 183 Å². The Morgan fingerprint density at radius 3 is 2.25 bits per heavy atom. The van der Waals surface area contributed by atoms with Crippen LogP contribution in [-0.2, 0) is 9.84 Å². The van der Waals surface area contributed by atoms with Crippen LogP contribution in [0.1, 0.15) is 25.7 Å². The molecular formula is C18H27Br2N3O4S. The van der Waals surface area contributed by atoms with Gasteiger partial charge in [-0.25, -0.2) is 8.42 Å². The van der Waals surface area contributed by atoms with Gasteiger partial charge in [0.15, 0.2) is 9.84 Å². The van der Waals surface area contributed by atoms with E-state index in [0.717, 1.165) is 25.9 Å². The van der Waals surface area contributed by atoms with Crippen LogP contribution in [0.2, 0.25) is 0 Å². The van der Waals surface area contributed by atoms with Gasteiger partial charge in [0.2, 0.25) is 0 Å². The lowest BCUT2D eigenvalue weighted by atomic mass is 10.1. The fourth-order valence-corrected chi connectivity index (χ4v) is 6.53. The zero-order valence-electron chi connectivity index (χ0n) is 16.0. The first kappa shape index (κ1) is 23.6. The normalized spacial score (nSPS) is 17.1. The first-order valence-corrected chi connectivity index (χ1v) is 13.2. The van der Waals surface area contributed by atoms with Crippen LogP contribution >= 0.6 is 31.9 Å². The van der Waals surface area contributed by atoms with E-state index in [4.69, 9.17) is 0 Å². The number of alkyl halides is 2. The molecule has 1 aliphatic rings. The van der Waals surface area contributed by atoms with E-state index in [1.165, 1.54) is 12.1 Å². The van der Waals surface area contributed by atoms with Crippen molar-refractivity contribution in [3.05, 3.63) is 28.3 Å². The summed E-state index contributed by atoms with van der Waals surface area (Å²) in [6, 6.07) is 4.20. The molecule has 1 aromatic carbocycles. The molecule has 7 nitrogen and oxygen atoms in total. The van der Waals surface area contributed by atoms with Crippen molar-refractivity contribution in [3.63, 3.8) is 0 Å². The molecule has 0 spiro atoms. The van der Waals surface area contributed by atoms with Gasteiger partial charge in [0.05, 0.1) is 20.8 Å². The number of sulfone groups is 1. The Morgan fingerprint density at radius 1 is 1.18 bits per heavy atom. The number of anilines is 1. The van der Waals surface area contributed by atoms with Crippen LogP contribution in [0.25, 0.3) is 0 Å². The van der Waals surface area contributed by atoms with E-state index in [0.29, 0.717) is 42.3 Å². The number of halogens is 2. The highest BCUT2D eigenvalue weighted by atomic mass is 79.9. The Morgan fingerprint density at radius 2 is 1.75 bits per heavy atom. The van der Waals surface area contributed by atoms with Crippen molar-refractivity contribution < 1.29 is 13.3 Å². The second-order valence-corrected chi connectivity index (χ2v) is 10.8. The molecule has 0 radical (unpaired) electrons. The second-order valence-electron chi connectivity index (χ2n) is 7.03. The predicted molar refractivity (Wildman–Crippen MR) is 120 cm³/mol. The third kappa shape index (κ3) is 5.90. The topological polar surface area (TPSA) is 83.8 Å². The minimum absolute atomic E-state index is 0.0857. The number of hydrogen-bond acceptors (Lipinski definition) is 6. The van der Waals surface area contributed by atoms with Crippen LogP contribution in [0.4, 0.5) is 11.4 Å². The molecule has 0 aromatic heterocycles. The lowest BCUT2D eigenvalue weighted by Crippen LogP contribution is -2.32. The standard InChI is InChI=1S/C18H27Br2N3O4S/c1-21-10-2-4-16(5-3-11-21)28(26,27)18-14-15(23(24)25)6-7-17(18)22(12-8-19)13-9-20/h6-7,14,16H,2-5,8-13H2,1H3. The molecule has 28 heavy (non-hydrogen) atoms. The number of likely N-dealkylation sites (tertiary alicyclic amines) is 1. The highest BCUT2D eigenvalue weighted by molar-refractivity contribution is 9.09. The van der Waals surface area contributed by atoms with E-state index in [1.54, 1.807) is 6.07 Å². The summed E-state index contributed by atoms with van der Waals surface area (Å²) in [5.41, 5.74) is 0.356. The van der Waals surface area contributed by atoms with Crippen LogP contribution in [0, 0.1) is 10.1 Å². The summed E-state index contributed by atoms with van der Waals surface area (Å²) < 4.78 is 27.1. The lowest BCUT2D eigenvalue weighted by Gasteiger charge is -2.28. The molecule has 0 amide bonds. The lowest BCUT2D eigenvalue weighted by molar-refractivity contribution is -0.385. The van der Waals surface area contributed by atoms with Crippen molar-refractivity contribution in [1.82, 2.24) is 4.90 Å². The monoisotopic (exact) mass is 539 g/mol. The molecule has 0 bridgehead atoms. The van der Waals surface area contributed by atoms with E-state index in [9.17, 15) is 18.5 Å². The number of nitro benzene ring substituents is 1. The maximum atomic E-state index is 13.6. The molecule has 1 heterocycles. The van der Waals surface area contributed by atoms with Crippen molar-refractivity contribution in [2.75, 3.05) is 48.8 Å². The summed E-state index contributed by atoms with van der Waals surface area (Å²) in [6.45, 7) is 2.96. The number of nitro groups is 1. The predicted octanol–water partition coefficient (Wildman–Crippen LogP) is 3.84. The minimum Gasteiger partial charge on any atom is -0.369 e. The molecule has 0 N–H and O–H groups in total. The first-order valence-electron chi connectivity index (χ1n) is 9.39. The van der Waals surface area contributed by atoms with Crippen LogP contribution in [0.3, 0.4) is 0 Å². The number of non-ortho nitro benzene ring substituents is 1. The van der Waals surface area contributed by atoms with Crippen LogP contribution < -0.4 is 4.90 Å². The Hall–Kier alpha value is -0.710. The highest BCUT2D eigenvalue weighted by Crippen LogP contribution is 2.34. The van der Waals surface area contributed by atoms with Crippen LogP contribution in [0.5, 0.6) is 0 Å². The molecule has 2 rings (SSSR count). The van der Waals surface area contributed by atoms with Gasteiger partial charge in [0.1, 0.15) is 0 Å². The fourth-order valence-electron chi connectivity index (χ4n) is 3.59. The fraction of sp³-hybridized carbons (Fsp3) is 0.667. The zero-order valence-corrected chi connectivity index (χ0v) is 20.0. The molecular weight excluding hydrogens is 514 g/mol. The summed E-state index contributed by atoms with van der Waals surface area (Å²) in [5.74, 6) is 0. The van der Waals surface area contributed by atoms with E-state index in [1.807, 2.05) is 11.9 Å². The average Bonchev–Trinajstić information content (AvgIpc) is 2.63. The van der Waals surface area contributed by atoms with E-state index in [-0.39, 0.29) is 10.6 Å².